The van der Waals surface area contributed by atoms with E-state index in [1.54, 1.807) is 6.08 Å². The number of aliphatic hydroxyl groups is 5. The molecule has 0 aliphatic carbocycles. The fourth-order valence-corrected chi connectivity index (χ4v) is 9.51. The number of allylic oxidation sites excluding steroid dienone is 13. The molecular formula is C66H115NO10. The van der Waals surface area contributed by atoms with Gasteiger partial charge in [-0.2, -0.15) is 0 Å². The molecule has 0 bridgehead atoms. The van der Waals surface area contributed by atoms with Crippen LogP contribution in [0.15, 0.2) is 85.1 Å². The topological polar surface area (TPSA) is 175 Å². The highest BCUT2D eigenvalue weighted by Crippen LogP contribution is 2.26. The van der Waals surface area contributed by atoms with Crippen molar-refractivity contribution in [3.8, 4) is 0 Å². The third-order valence-corrected chi connectivity index (χ3v) is 14.5. The highest BCUT2D eigenvalue weighted by molar-refractivity contribution is 5.80. The fraction of sp³-hybridized carbons (Fsp3) is 0.758. The van der Waals surface area contributed by atoms with E-state index in [1.807, 2.05) is 66.8 Å². The SMILES string of the molecule is CC\C=C/C=C/C=C/C=C\C=C\C=C\CCCCCC(=O)OC1C(OCC(NC(=O)C(O)CCCCCCCCCCCCCCCCCCCC)C(O)/C=C/CCCCCCCCCCCCC)OC(CO)C(O)C1O. The lowest BCUT2D eigenvalue weighted by molar-refractivity contribution is -0.305. The van der Waals surface area contributed by atoms with Gasteiger partial charge in [0.25, 0.3) is 0 Å². The fourth-order valence-electron chi connectivity index (χ4n) is 9.51. The summed E-state index contributed by atoms with van der Waals surface area (Å²) in [5.41, 5.74) is 0. The Morgan fingerprint density at radius 1 is 0.519 bits per heavy atom. The van der Waals surface area contributed by atoms with E-state index in [1.165, 1.54) is 148 Å². The molecule has 1 saturated heterocycles. The second-order valence-corrected chi connectivity index (χ2v) is 21.6. The predicted molar refractivity (Wildman–Crippen MR) is 319 cm³/mol. The first-order chi connectivity index (χ1) is 37.7. The van der Waals surface area contributed by atoms with Crippen molar-refractivity contribution in [3.63, 3.8) is 0 Å². The number of nitrogens with one attached hydrogen (secondary N) is 1. The van der Waals surface area contributed by atoms with Crippen molar-refractivity contribution in [2.75, 3.05) is 13.2 Å². The van der Waals surface area contributed by atoms with Gasteiger partial charge in [0, 0.05) is 6.42 Å². The summed E-state index contributed by atoms with van der Waals surface area (Å²) in [5, 5.41) is 57.0. The zero-order valence-electron chi connectivity index (χ0n) is 49.1. The van der Waals surface area contributed by atoms with Gasteiger partial charge in [0.1, 0.15) is 24.4 Å². The van der Waals surface area contributed by atoms with Gasteiger partial charge in [-0.05, 0) is 44.9 Å². The molecule has 0 aromatic carbocycles. The first kappa shape index (κ1) is 71.9. The van der Waals surface area contributed by atoms with Crippen molar-refractivity contribution in [1.82, 2.24) is 5.32 Å². The Bertz CT molecular complexity index is 1570. The molecule has 8 unspecified atom stereocenters. The van der Waals surface area contributed by atoms with E-state index in [0.717, 1.165) is 64.2 Å². The number of hydrogen-bond donors (Lipinski definition) is 6. The number of esters is 1. The summed E-state index contributed by atoms with van der Waals surface area (Å²) >= 11 is 0. The number of carbonyl (C=O) groups is 2. The number of amides is 1. The summed E-state index contributed by atoms with van der Waals surface area (Å²) in [6.07, 6.45) is 59.0. The highest BCUT2D eigenvalue weighted by atomic mass is 16.7. The summed E-state index contributed by atoms with van der Waals surface area (Å²) in [6, 6.07) is -1.04. The first-order valence-electron chi connectivity index (χ1n) is 31.4. The number of ether oxygens (including phenoxy) is 3. The molecule has 1 rings (SSSR count). The van der Waals surface area contributed by atoms with Crippen LogP contribution in [0.1, 0.15) is 258 Å². The number of unbranched alkanes of at least 4 members (excludes halogenated alkanes) is 31. The Balaban J connectivity index is 2.72. The Hall–Kier alpha value is -3.16. The number of carbonyl (C=O) groups excluding carboxylic acids is 2. The zero-order valence-corrected chi connectivity index (χ0v) is 49.1. The van der Waals surface area contributed by atoms with Gasteiger partial charge < -0.3 is 45.1 Å². The average Bonchev–Trinajstić information content (AvgIpc) is 3.43. The predicted octanol–water partition coefficient (Wildman–Crippen LogP) is 14.9. The summed E-state index contributed by atoms with van der Waals surface area (Å²) < 4.78 is 17.6. The molecule has 1 aliphatic heterocycles. The van der Waals surface area contributed by atoms with Crippen LogP contribution in [-0.2, 0) is 23.8 Å². The second-order valence-electron chi connectivity index (χ2n) is 21.6. The quantitative estimate of drug-likeness (QED) is 0.0149. The average molecular weight is 1080 g/mol. The van der Waals surface area contributed by atoms with Gasteiger partial charge in [0.05, 0.1) is 25.4 Å². The molecular weight excluding hydrogens is 967 g/mol. The Morgan fingerprint density at radius 3 is 1.40 bits per heavy atom. The van der Waals surface area contributed by atoms with Gasteiger partial charge in [-0.1, -0.05) is 292 Å². The minimum Gasteiger partial charge on any atom is -0.454 e. The number of aliphatic hydroxyl groups excluding tert-OH is 5. The number of hydrogen-bond acceptors (Lipinski definition) is 10. The summed E-state index contributed by atoms with van der Waals surface area (Å²) in [6.45, 7) is 5.63. The van der Waals surface area contributed by atoms with Crippen LogP contribution in [0, 0.1) is 0 Å². The minimum absolute atomic E-state index is 0.0696. The highest BCUT2D eigenvalue weighted by Gasteiger charge is 2.47. The van der Waals surface area contributed by atoms with E-state index >= 15 is 0 Å². The monoisotopic (exact) mass is 1080 g/mol. The van der Waals surface area contributed by atoms with E-state index < -0.39 is 67.4 Å². The molecule has 0 saturated carbocycles. The smallest absolute Gasteiger partial charge is 0.306 e. The van der Waals surface area contributed by atoms with Crippen LogP contribution in [0.4, 0.5) is 0 Å². The van der Waals surface area contributed by atoms with Crippen molar-refractivity contribution in [3.05, 3.63) is 85.1 Å². The number of rotatable bonds is 52. The van der Waals surface area contributed by atoms with Crippen molar-refractivity contribution in [2.24, 2.45) is 0 Å². The lowest BCUT2D eigenvalue weighted by atomic mass is 9.99. The van der Waals surface area contributed by atoms with Crippen LogP contribution >= 0.6 is 0 Å². The zero-order chi connectivity index (χ0) is 56.1. The third-order valence-electron chi connectivity index (χ3n) is 14.5. The summed E-state index contributed by atoms with van der Waals surface area (Å²) in [4.78, 5) is 26.5. The van der Waals surface area contributed by atoms with Crippen molar-refractivity contribution < 1.29 is 49.3 Å². The van der Waals surface area contributed by atoms with Crippen LogP contribution in [0.3, 0.4) is 0 Å². The molecule has 1 heterocycles. The molecule has 0 spiro atoms. The van der Waals surface area contributed by atoms with Crippen LogP contribution in [0.2, 0.25) is 0 Å². The third kappa shape index (κ3) is 41.5. The molecule has 11 nitrogen and oxygen atoms in total. The Kier molecular flexibility index (Phi) is 49.9. The van der Waals surface area contributed by atoms with E-state index in [2.05, 4.69) is 38.2 Å². The van der Waals surface area contributed by atoms with Crippen molar-refractivity contribution in [1.29, 1.82) is 0 Å². The van der Waals surface area contributed by atoms with Gasteiger partial charge in [0.2, 0.25) is 5.91 Å². The Morgan fingerprint density at radius 2 is 0.935 bits per heavy atom. The Labute approximate surface area is 470 Å². The maximum Gasteiger partial charge on any atom is 0.306 e. The van der Waals surface area contributed by atoms with E-state index in [4.69, 9.17) is 14.2 Å². The van der Waals surface area contributed by atoms with E-state index in [9.17, 15) is 35.1 Å². The summed E-state index contributed by atoms with van der Waals surface area (Å²) in [5.74, 6) is -1.24. The van der Waals surface area contributed by atoms with Gasteiger partial charge in [-0.3, -0.25) is 9.59 Å². The largest absolute Gasteiger partial charge is 0.454 e. The molecule has 8 atom stereocenters. The van der Waals surface area contributed by atoms with Crippen LogP contribution in [0.25, 0.3) is 0 Å². The molecule has 77 heavy (non-hydrogen) atoms. The van der Waals surface area contributed by atoms with Gasteiger partial charge >= 0.3 is 5.97 Å². The normalized spacial score (nSPS) is 19.6. The van der Waals surface area contributed by atoms with Crippen LogP contribution in [-0.4, -0.2) is 99.6 Å². The molecule has 1 fully saturated rings. The molecule has 11 heteroatoms. The maximum absolute atomic E-state index is 13.4. The molecule has 1 aliphatic rings. The molecule has 0 aromatic heterocycles. The van der Waals surface area contributed by atoms with Gasteiger partial charge in [-0.25, -0.2) is 0 Å². The molecule has 444 valence electrons. The van der Waals surface area contributed by atoms with Gasteiger partial charge in [0.15, 0.2) is 12.4 Å². The minimum atomic E-state index is -1.64. The molecule has 0 aromatic rings. The van der Waals surface area contributed by atoms with Crippen molar-refractivity contribution >= 4 is 11.9 Å². The molecule has 1 amide bonds. The lowest BCUT2D eigenvalue weighted by Crippen LogP contribution is -2.61. The lowest BCUT2D eigenvalue weighted by Gasteiger charge is -2.41. The summed E-state index contributed by atoms with van der Waals surface area (Å²) in [7, 11) is 0. The van der Waals surface area contributed by atoms with Gasteiger partial charge in [-0.15, -0.1) is 0 Å². The second kappa shape index (κ2) is 53.5. The van der Waals surface area contributed by atoms with E-state index in [0.29, 0.717) is 12.8 Å². The standard InChI is InChI=1S/C66H115NO10/c1-4-7-10-13-16-19-22-25-27-29-31-32-35-38-41-44-47-50-53-59(70)65(74)67-57(58(69)52-49-46-43-40-37-34-24-21-18-15-12-9-6-3)56-75-66-64(63(73)62(72)60(55-68)76-66)77-61(71)54-51-48-45-42-39-36-33-30-28-26-23-20-17-14-11-8-5-2/h8,11,14,17,20,23,26,28,30,33,36,39,49,52,57-60,62-64,66,68-70,72-73H,4-7,9-10,12-13,15-16,18-19,21-22,24-25,27,29,31-32,34-35,37-38,40-48,50-51,53-56H2,1-3H3,(H,67,74)/b11-8-,17-14+,23-20+,28-26-,33-30+,39-36+,52-49+. The van der Waals surface area contributed by atoms with Crippen LogP contribution < -0.4 is 5.32 Å². The molecule has 6 N–H and O–H groups in total. The molecule has 0 radical (unpaired) electrons. The van der Waals surface area contributed by atoms with E-state index in [-0.39, 0.29) is 19.4 Å². The maximum atomic E-state index is 13.4. The first-order valence-corrected chi connectivity index (χ1v) is 31.4. The van der Waals surface area contributed by atoms with Crippen LogP contribution in [0.5, 0.6) is 0 Å². The van der Waals surface area contributed by atoms with Crippen molar-refractivity contribution in [2.45, 2.75) is 307 Å².